The van der Waals surface area contributed by atoms with Gasteiger partial charge >= 0.3 is 0 Å². The lowest BCUT2D eigenvalue weighted by Crippen LogP contribution is -2.52. The van der Waals surface area contributed by atoms with Gasteiger partial charge in [-0.25, -0.2) is 9.38 Å². The number of halogens is 2. The number of nitrogens with two attached hydrogens (primary N) is 1. The second-order valence-electron chi connectivity index (χ2n) is 7.16. The van der Waals surface area contributed by atoms with Gasteiger partial charge in [0.05, 0.1) is 19.1 Å². The van der Waals surface area contributed by atoms with E-state index < -0.39 is 5.54 Å². The molecule has 2 N–H and O–H groups in total. The normalized spacial score (nSPS) is 28.7. The molecule has 0 aliphatic carbocycles. The van der Waals surface area contributed by atoms with Crippen molar-refractivity contribution in [2.45, 2.75) is 18.1 Å². The molecule has 0 bridgehead atoms. The average molecular weight is 389 g/mol. The number of rotatable bonds is 1. The summed E-state index contributed by atoms with van der Waals surface area (Å²) >= 11 is 6.03. The Kier molecular flexibility index (Phi) is 3.81. The Morgan fingerprint density at radius 1 is 1.19 bits per heavy atom. The molecule has 2 aromatic rings. The lowest BCUT2D eigenvalue weighted by molar-refractivity contribution is -0.0726. The molecule has 1 saturated heterocycles. The van der Waals surface area contributed by atoms with Gasteiger partial charge in [-0.05, 0) is 41.5 Å². The summed E-state index contributed by atoms with van der Waals surface area (Å²) in [6.07, 6.45) is 0.793. The van der Waals surface area contributed by atoms with Gasteiger partial charge in [-0.2, -0.15) is 0 Å². The van der Waals surface area contributed by atoms with Crippen LogP contribution in [0.25, 0.3) is 11.1 Å². The van der Waals surface area contributed by atoms with Gasteiger partial charge in [0.2, 0.25) is 0 Å². The zero-order chi connectivity index (χ0) is 18.6. The van der Waals surface area contributed by atoms with Crippen LogP contribution in [0.5, 0.6) is 5.75 Å². The first-order chi connectivity index (χ1) is 13.0. The summed E-state index contributed by atoms with van der Waals surface area (Å²) < 4.78 is 31.4. The molecule has 5 rings (SSSR count). The minimum Gasteiger partial charge on any atom is -0.489 e. The highest BCUT2D eigenvalue weighted by Gasteiger charge is 2.54. The monoisotopic (exact) mass is 388 g/mol. The highest BCUT2D eigenvalue weighted by Crippen LogP contribution is 2.50. The van der Waals surface area contributed by atoms with Crippen LogP contribution in [0, 0.1) is 11.7 Å². The van der Waals surface area contributed by atoms with Crippen molar-refractivity contribution < 1.29 is 18.6 Å². The highest BCUT2D eigenvalue weighted by molar-refractivity contribution is 6.30. The summed E-state index contributed by atoms with van der Waals surface area (Å²) in [5.41, 5.74) is 7.63. The summed E-state index contributed by atoms with van der Waals surface area (Å²) in [5, 5.41) is 0.348. The molecule has 7 heteroatoms. The maximum atomic E-state index is 13.8. The second kappa shape index (κ2) is 6.11. The van der Waals surface area contributed by atoms with Gasteiger partial charge in [-0.1, -0.05) is 17.7 Å². The number of ether oxygens (including phenoxy) is 3. The summed E-state index contributed by atoms with van der Waals surface area (Å²) in [4.78, 5) is 4.69. The van der Waals surface area contributed by atoms with E-state index in [4.69, 9.17) is 31.5 Å². The minimum atomic E-state index is -0.657. The Bertz CT molecular complexity index is 931. The quantitative estimate of drug-likeness (QED) is 0.812. The maximum absolute atomic E-state index is 13.8. The molecule has 0 aromatic heterocycles. The van der Waals surface area contributed by atoms with Crippen molar-refractivity contribution in [1.29, 1.82) is 0 Å². The molecule has 0 amide bonds. The molecular formula is C20H18ClFN2O3. The number of hydrogen-bond donors (Lipinski definition) is 1. The van der Waals surface area contributed by atoms with Crippen LogP contribution < -0.4 is 10.5 Å². The van der Waals surface area contributed by atoms with Crippen molar-refractivity contribution in [2.24, 2.45) is 16.6 Å². The summed E-state index contributed by atoms with van der Waals surface area (Å²) in [7, 11) is 0. The zero-order valence-electron chi connectivity index (χ0n) is 14.5. The van der Waals surface area contributed by atoms with E-state index in [2.05, 4.69) is 4.99 Å². The largest absolute Gasteiger partial charge is 0.489 e. The van der Waals surface area contributed by atoms with E-state index in [9.17, 15) is 4.39 Å². The van der Waals surface area contributed by atoms with Crippen LogP contribution in [0.2, 0.25) is 5.02 Å². The molecular weight excluding hydrogens is 371 g/mol. The molecule has 3 aliphatic rings. The van der Waals surface area contributed by atoms with E-state index >= 15 is 0 Å². The molecule has 140 valence electrons. The van der Waals surface area contributed by atoms with Crippen LogP contribution in [0.4, 0.5) is 4.39 Å². The number of hydrogen-bond acceptors (Lipinski definition) is 5. The van der Waals surface area contributed by atoms with Gasteiger partial charge in [0.15, 0.2) is 0 Å². The Balaban J connectivity index is 1.67. The van der Waals surface area contributed by atoms with Gasteiger partial charge in [0.1, 0.15) is 29.8 Å². The predicted molar refractivity (Wildman–Crippen MR) is 99.4 cm³/mol. The van der Waals surface area contributed by atoms with Crippen LogP contribution in [-0.2, 0) is 15.0 Å². The maximum Gasteiger partial charge on any atom is 0.283 e. The first-order valence-electron chi connectivity index (χ1n) is 8.89. The van der Waals surface area contributed by atoms with E-state index in [1.807, 2.05) is 18.2 Å². The van der Waals surface area contributed by atoms with Crippen LogP contribution in [-0.4, -0.2) is 31.9 Å². The Hall–Kier alpha value is -2.31. The Morgan fingerprint density at radius 3 is 2.85 bits per heavy atom. The molecule has 1 spiro atoms. The van der Waals surface area contributed by atoms with Crippen molar-refractivity contribution in [3.8, 4) is 16.9 Å². The molecule has 3 atom stereocenters. The number of amidine groups is 1. The lowest BCUT2D eigenvalue weighted by Gasteiger charge is -2.45. The third-order valence-electron chi connectivity index (χ3n) is 5.58. The van der Waals surface area contributed by atoms with Gasteiger partial charge in [-0.15, -0.1) is 0 Å². The smallest absolute Gasteiger partial charge is 0.283 e. The van der Waals surface area contributed by atoms with Crippen molar-refractivity contribution in [1.82, 2.24) is 0 Å². The molecule has 3 unspecified atom stereocenters. The van der Waals surface area contributed by atoms with Crippen LogP contribution in [0.15, 0.2) is 41.4 Å². The molecule has 1 fully saturated rings. The summed E-state index contributed by atoms with van der Waals surface area (Å²) in [5.74, 6) is 0.381. The third-order valence-corrected chi connectivity index (χ3v) is 5.79. The fourth-order valence-electron chi connectivity index (χ4n) is 4.31. The standard InChI is InChI=1S/C20H18ClFN2O3/c21-13-5-12(6-14(22)8-13)11-1-2-17-15(7-11)20(10-26-19(23)24-20)16-9-25-4-3-18(16)27-17/h1-2,5-8,16,18H,3-4,9-10H2,(H2,23,24). The second-order valence-corrected chi connectivity index (χ2v) is 7.59. The molecule has 5 nitrogen and oxygen atoms in total. The van der Waals surface area contributed by atoms with E-state index in [0.29, 0.717) is 30.4 Å². The minimum absolute atomic E-state index is 0.000959. The molecule has 27 heavy (non-hydrogen) atoms. The molecule has 0 radical (unpaired) electrons. The molecule has 3 aliphatic heterocycles. The first kappa shape index (κ1) is 16.8. The third kappa shape index (κ3) is 2.66. The zero-order valence-corrected chi connectivity index (χ0v) is 15.2. The fraction of sp³-hybridized carbons (Fsp3) is 0.350. The van der Waals surface area contributed by atoms with Crippen LogP contribution in [0.1, 0.15) is 12.0 Å². The van der Waals surface area contributed by atoms with Gasteiger partial charge < -0.3 is 19.9 Å². The number of fused-ring (bicyclic) bond motifs is 4. The predicted octanol–water partition coefficient (Wildman–Crippen LogP) is 3.48. The molecule has 0 saturated carbocycles. The Labute approximate surface area is 160 Å². The average Bonchev–Trinajstić information content (AvgIpc) is 3.03. The van der Waals surface area contributed by atoms with Crippen LogP contribution in [0.3, 0.4) is 0 Å². The van der Waals surface area contributed by atoms with Crippen molar-refractivity contribution in [2.75, 3.05) is 19.8 Å². The van der Waals surface area contributed by atoms with Crippen LogP contribution >= 0.6 is 11.6 Å². The first-order valence-corrected chi connectivity index (χ1v) is 9.26. The van der Waals surface area contributed by atoms with Gasteiger partial charge in [0, 0.05) is 17.0 Å². The lowest BCUT2D eigenvalue weighted by atomic mass is 9.72. The molecule has 2 aromatic carbocycles. The van der Waals surface area contributed by atoms with Gasteiger partial charge in [-0.3, -0.25) is 0 Å². The van der Waals surface area contributed by atoms with E-state index in [1.165, 1.54) is 12.1 Å². The van der Waals surface area contributed by atoms with Crippen molar-refractivity contribution >= 4 is 17.6 Å². The number of aliphatic imine (C=N–C) groups is 1. The molecule has 3 heterocycles. The Morgan fingerprint density at radius 2 is 2.07 bits per heavy atom. The summed E-state index contributed by atoms with van der Waals surface area (Å²) in [6, 6.07) is 10.4. The van der Waals surface area contributed by atoms with E-state index in [1.54, 1.807) is 6.07 Å². The van der Waals surface area contributed by atoms with E-state index in [0.717, 1.165) is 23.3 Å². The fourth-order valence-corrected chi connectivity index (χ4v) is 4.53. The summed E-state index contributed by atoms with van der Waals surface area (Å²) in [6.45, 7) is 1.53. The highest BCUT2D eigenvalue weighted by atomic mass is 35.5. The SMILES string of the molecule is NC1=NC2(CO1)c1cc(-c3cc(F)cc(Cl)c3)ccc1OC1CCOCC12. The topological polar surface area (TPSA) is 66.1 Å². The van der Waals surface area contributed by atoms with Crippen molar-refractivity contribution in [3.63, 3.8) is 0 Å². The number of benzene rings is 2. The van der Waals surface area contributed by atoms with Crippen molar-refractivity contribution in [3.05, 3.63) is 52.8 Å². The van der Waals surface area contributed by atoms with E-state index in [-0.39, 0.29) is 23.9 Å². The van der Waals surface area contributed by atoms with Gasteiger partial charge in [0.25, 0.3) is 6.02 Å². The number of nitrogens with zero attached hydrogens (tertiary/aromatic N) is 1.